The van der Waals surface area contributed by atoms with Gasteiger partial charge in [-0.25, -0.2) is 9.97 Å². The third kappa shape index (κ3) is 2.27. The van der Waals surface area contributed by atoms with Crippen molar-refractivity contribution in [1.82, 2.24) is 18.9 Å². The van der Waals surface area contributed by atoms with Crippen LogP contribution in [0.2, 0.25) is 0 Å². The van der Waals surface area contributed by atoms with Gasteiger partial charge in [0.25, 0.3) is 0 Å². The van der Waals surface area contributed by atoms with E-state index < -0.39 is 0 Å². The van der Waals surface area contributed by atoms with E-state index in [1.807, 2.05) is 6.07 Å². The summed E-state index contributed by atoms with van der Waals surface area (Å²) in [6, 6.07) is 24.5. The maximum Gasteiger partial charge on any atom is 0.221 e. The molecule has 3 aromatic heterocycles. The van der Waals surface area contributed by atoms with Gasteiger partial charge in [-0.1, -0.05) is 61.8 Å². The van der Waals surface area contributed by atoms with Gasteiger partial charge in [-0.3, -0.25) is 8.97 Å². The Morgan fingerprint density at radius 1 is 0.818 bits per heavy atom. The number of imidazole rings is 2. The van der Waals surface area contributed by atoms with Crippen molar-refractivity contribution < 1.29 is 5.11 Å². The fourth-order valence-corrected chi connectivity index (χ4v) is 5.49. The Kier molecular flexibility index (Phi) is 3.39. The second-order valence-electron chi connectivity index (χ2n) is 9.43. The van der Waals surface area contributed by atoms with E-state index in [1.165, 1.54) is 16.7 Å². The van der Waals surface area contributed by atoms with E-state index in [9.17, 15) is 5.11 Å². The summed E-state index contributed by atoms with van der Waals surface area (Å²) in [4.78, 5) is 10.2. The van der Waals surface area contributed by atoms with E-state index in [-0.39, 0.29) is 11.2 Å². The molecule has 7 rings (SSSR count). The van der Waals surface area contributed by atoms with E-state index in [0.29, 0.717) is 0 Å². The maximum atomic E-state index is 10.3. The van der Waals surface area contributed by atoms with Crippen LogP contribution in [0.4, 0.5) is 0 Å². The Labute approximate surface area is 191 Å². The molecule has 1 aliphatic carbocycles. The van der Waals surface area contributed by atoms with E-state index in [1.54, 1.807) is 12.1 Å². The van der Waals surface area contributed by atoms with E-state index >= 15 is 0 Å². The predicted octanol–water partition coefficient (Wildman–Crippen LogP) is 4.10. The standard InChI is InChI=1S/C27H21BN4O/c1-27(2)17-7-4-3-6-16(17)24-18(27)11-13-23(29-24)32-22-14-15(33)10-12-20(22)31-21-9-5-8-19(28)25(21)30-26(31)32/h3-14,33H,28H2,1-2H3. The molecule has 1 N–H and O–H groups in total. The van der Waals surface area contributed by atoms with Crippen molar-refractivity contribution in [2.45, 2.75) is 19.3 Å². The average molecular weight is 428 g/mol. The number of phenolic OH excluding ortho intramolecular Hbond substituents is 1. The lowest BCUT2D eigenvalue weighted by Crippen LogP contribution is -2.15. The predicted molar refractivity (Wildman–Crippen MR) is 135 cm³/mol. The highest BCUT2D eigenvalue weighted by molar-refractivity contribution is 6.38. The van der Waals surface area contributed by atoms with Crippen LogP contribution in [0.1, 0.15) is 25.0 Å². The summed E-state index contributed by atoms with van der Waals surface area (Å²) in [5, 5.41) is 10.3. The summed E-state index contributed by atoms with van der Waals surface area (Å²) >= 11 is 0. The van der Waals surface area contributed by atoms with Crippen molar-refractivity contribution in [3.8, 4) is 22.8 Å². The molecule has 5 nitrogen and oxygen atoms in total. The highest BCUT2D eigenvalue weighted by Crippen LogP contribution is 2.47. The molecule has 0 radical (unpaired) electrons. The van der Waals surface area contributed by atoms with Crippen molar-refractivity contribution in [1.29, 1.82) is 0 Å². The minimum absolute atomic E-state index is 0.0943. The third-order valence-electron chi connectivity index (χ3n) is 7.15. The number of rotatable bonds is 1. The number of nitrogens with zero attached hydrogens (tertiary/aromatic N) is 4. The second-order valence-corrected chi connectivity index (χ2v) is 9.43. The number of aromatic nitrogens is 4. The van der Waals surface area contributed by atoms with Gasteiger partial charge in [-0.15, -0.1) is 0 Å². The molecular weight excluding hydrogens is 407 g/mol. The molecule has 0 amide bonds. The van der Waals surface area contributed by atoms with E-state index in [2.05, 4.69) is 85.3 Å². The molecule has 0 aliphatic heterocycles. The summed E-state index contributed by atoms with van der Waals surface area (Å²) in [5.74, 6) is 1.80. The highest BCUT2D eigenvalue weighted by atomic mass is 16.3. The summed E-state index contributed by atoms with van der Waals surface area (Å²) in [7, 11) is 2.08. The van der Waals surface area contributed by atoms with Crippen LogP contribution in [0.5, 0.6) is 5.75 Å². The fourth-order valence-electron chi connectivity index (χ4n) is 5.49. The maximum absolute atomic E-state index is 10.3. The molecule has 0 bridgehead atoms. The van der Waals surface area contributed by atoms with Crippen LogP contribution < -0.4 is 5.46 Å². The minimum Gasteiger partial charge on any atom is -0.508 e. The number of hydrogen-bond acceptors (Lipinski definition) is 3. The average Bonchev–Trinajstić information content (AvgIpc) is 3.40. The Morgan fingerprint density at radius 2 is 1.67 bits per heavy atom. The van der Waals surface area contributed by atoms with Crippen LogP contribution in [-0.2, 0) is 5.41 Å². The smallest absolute Gasteiger partial charge is 0.221 e. The molecule has 3 aromatic carbocycles. The van der Waals surface area contributed by atoms with Gasteiger partial charge in [0, 0.05) is 17.0 Å². The van der Waals surface area contributed by atoms with Crippen LogP contribution >= 0.6 is 0 Å². The molecule has 0 saturated carbocycles. The van der Waals surface area contributed by atoms with E-state index in [4.69, 9.17) is 9.97 Å². The lowest BCUT2D eigenvalue weighted by atomic mass is 9.83. The summed E-state index contributed by atoms with van der Waals surface area (Å²) in [5.41, 5.74) is 9.64. The summed E-state index contributed by atoms with van der Waals surface area (Å²) in [6.45, 7) is 4.51. The van der Waals surface area contributed by atoms with Gasteiger partial charge < -0.3 is 5.11 Å². The zero-order chi connectivity index (χ0) is 22.5. The molecular formula is C27H21BN4O. The van der Waals surface area contributed by atoms with Crippen LogP contribution in [0, 0.1) is 0 Å². The van der Waals surface area contributed by atoms with Crippen LogP contribution in [0.3, 0.4) is 0 Å². The molecule has 0 unspecified atom stereocenters. The van der Waals surface area contributed by atoms with Crippen LogP contribution in [0.25, 0.3) is 44.9 Å². The SMILES string of the molecule is Bc1cccc2c1nc1n(-c3ccc4c(n3)-c3ccccc3C4(C)C)c3cc(O)ccc3n21. The molecule has 1 aliphatic rings. The number of hydrogen-bond donors (Lipinski definition) is 1. The van der Waals surface area contributed by atoms with Crippen LogP contribution in [0.15, 0.2) is 72.8 Å². The van der Waals surface area contributed by atoms with Crippen molar-refractivity contribution in [3.05, 3.63) is 83.9 Å². The first kappa shape index (κ1) is 18.5. The number of fused-ring (bicyclic) bond motifs is 8. The van der Waals surface area contributed by atoms with Crippen molar-refractivity contribution >= 4 is 41.2 Å². The number of benzene rings is 3. The second kappa shape index (κ2) is 6.04. The number of aromatic hydroxyl groups is 1. The topological polar surface area (TPSA) is 55.3 Å². The largest absolute Gasteiger partial charge is 0.508 e. The minimum atomic E-state index is -0.0943. The monoisotopic (exact) mass is 428 g/mol. The number of phenols is 1. The zero-order valence-electron chi connectivity index (χ0n) is 18.7. The number of pyridine rings is 1. The van der Waals surface area contributed by atoms with Gasteiger partial charge in [-0.2, -0.15) is 0 Å². The molecule has 158 valence electrons. The highest BCUT2D eigenvalue weighted by Gasteiger charge is 2.36. The Balaban J connectivity index is 1.61. The molecule has 3 heterocycles. The van der Waals surface area contributed by atoms with Crippen molar-refractivity contribution in [2.75, 3.05) is 0 Å². The first-order chi connectivity index (χ1) is 15.9. The van der Waals surface area contributed by atoms with Gasteiger partial charge in [0.05, 0.1) is 27.8 Å². The molecule has 33 heavy (non-hydrogen) atoms. The van der Waals surface area contributed by atoms with E-state index in [0.717, 1.165) is 44.8 Å². The Morgan fingerprint density at radius 3 is 2.55 bits per heavy atom. The molecule has 6 heteroatoms. The summed E-state index contributed by atoms with van der Waals surface area (Å²) in [6.07, 6.45) is 0. The first-order valence-electron chi connectivity index (χ1n) is 11.2. The Hall–Kier alpha value is -4.06. The van der Waals surface area contributed by atoms with Gasteiger partial charge in [-0.05, 0) is 35.4 Å². The molecule has 6 aromatic rings. The fraction of sp³-hybridized carbons (Fsp3) is 0.111. The van der Waals surface area contributed by atoms with Crippen molar-refractivity contribution in [2.24, 2.45) is 0 Å². The lowest BCUT2D eigenvalue weighted by molar-refractivity contribution is 0.476. The van der Waals surface area contributed by atoms with Crippen molar-refractivity contribution in [3.63, 3.8) is 0 Å². The van der Waals surface area contributed by atoms with Crippen LogP contribution in [-0.4, -0.2) is 31.9 Å². The molecule has 0 atom stereocenters. The Bertz CT molecular complexity index is 1780. The summed E-state index contributed by atoms with van der Waals surface area (Å²) < 4.78 is 4.21. The first-order valence-corrected chi connectivity index (χ1v) is 11.2. The van der Waals surface area contributed by atoms with Gasteiger partial charge >= 0.3 is 0 Å². The molecule has 0 fully saturated rings. The molecule has 0 spiro atoms. The lowest BCUT2D eigenvalue weighted by Gasteiger charge is -2.20. The normalized spacial score (nSPS) is 14.2. The van der Waals surface area contributed by atoms with Gasteiger partial charge in [0.1, 0.15) is 19.4 Å². The molecule has 0 saturated heterocycles. The number of para-hydroxylation sites is 1. The zero-order valence-corrected chi connectivity index (χ0v) is 18.7. The quantitative estimate of drug-likeness (QED) is 0.402. The van der Waals surface area contributed by atoms with Gasteiger partial charge in [0.15, 0.2) is 0 Å². The van der Waals surface area contributed by atoms with Gasteiger partial charge in [0.2, 0.25) is 5.78 Å². The third-order valence-corrected chi connectivity index (χ3v) is 7.15.